The van der Waals surface area contributed by atoms with E-state index in [0.29, 0.717) is 13.1 Å². The number of carbonyl (C=O) groups excluding carboxylic acids is 2. The van der Waals surface area contributed by atoms with E-state index in [0.717, 1.165) is 0 Å². The number of nitrogens with zero attached hydrogens (tertiary/aromatic N) is 2. The third-order valence-corrected chi connectivity index (χ3v) is 2.38. The van der Waals surface area contributed by atoms with Crippen LogP contribution in [0.15, 0.2) is 0 Å². The standard InChI is InChI=1S/C10H19N3O2S/c1-4-13(5-2)10(15)7-12(3)9(14)6-8(11)16/h4-7H2,1-3H3,(H2,11,16). The SMILES string of the molecule is CCN(CC)C(=O)CN(C)C(=O)CC(N)=S. The second kappa shape index (κ2) is 7.16. The van der Waals surface area contributed by atoms with Crippen LogP contribution in [0.5, 0.6) is 0 Å². The van der Waals surface area contributed by atoms with E-state index in [1.54, 1.807) is 11.9 Å². The fourth-order valence-electron chi connectivity index (χ4n) is 1.25. The molecule has 0 rings (SSSR count). The van der Waals surface area contributed by atoms with Crippen molar-refractivity contribution in [1.29, 1.82) is 0 Å². The molecular formula is C10H19N3O2S. The van der Waals surface area contributed by atoms with Gasteiger partial charge in [0.1, 0.15) is 0 Å². The summed E-state index contributed by atoms with van der Waals surface area (Å²) >= 11 is 4.64. The van der Waals surface area contributed by atoms with Gasteiger partial charge in [-0.2, -0.15) is 0 Å². The highest BCUT2D eigenvalue weighted by Gasteiger charge is 2.16. The molecule has 0 aliphatic carbocycles. The molecule has 0 heterocycles. The Morgan fingerprint density at radius 2 is 1.69 bits per heavy atom. The Bertz CT molecular complexity index is 277. The Balaban J connectivity index is 4.22. The number of amides is 2. The second-order valence-corrected chi connectivity index (χ2v) is 3.98. The molecule has 0 aromatic carbocycles. The van der Waals surface area contributed by atoms with E-state index in [1.807, 2.05) is 13.8 Å². The summed E-state index contributed by atoms with van der Waals surface area (Å²) in [5, 5.41) is 0. The number of hydrogen-bond donors (Lipinski definition) is 1. The molecule has 2 N–H and O–H groups in total. The Kier molecular flexibility index (Phi) is 6.64. The summed E-state index contributed by atoms with van der Waals surface area (Å²) in [6.45, 7) is 5.17. The summed E-state index contributed by atoms with van der Waals surface area (Å²) in [6.07, 6.45) is 0.0113. The first-order valence-corrected chi connectivity index (χ1v) is 5.63. The van der Waals surface area contributed by atoms with Crippen LogP contribution in [-0.4, -0.2) is 53.3 Å². The van der Waals surface area contributed by atoms with Crippen molar-refractivity contribution in [2.45, 2.75) is 20.3 Å². The highest BCUT2D eigenvalue weighted by atomic mass is 32.1. The molecule has 0 unspecified atom stereocenters. The highest BCUT2D eigenvalue weighted by Crippen LogP contribution is 1.95. The average molecular weight is 245 g/mol. The lowest BCUT2D eigenvalue weighted by molar-refractivity contribution is -0.138. The van der Waals surface area contributed by atoms with Gasteiger partial charge in [-0.3, -0.25) is 9.59 Å². The van der Waals surface area contributed by atoms with Crippen molar-refractivity contribution in [2.75, 3.05) is 26.7 Å². The van der Waals surface area contributed by atoms with Crippen molar-refractivity contribution < 1.29 is 9.59 Å². The summed E-state index contributed by atoms with van der Waals surface area (Å²) in [4.78, 5) is 26.3. The molecule has 0 spiro atoms. The molecular weight excluding hydrogens is 226 g/mol. The van der Waals surface area contributed by atoms with Gasteiger partial charge in [-0.1, -0.05) is 12.2 Å². The maximum atomic E-state index is 11.7. The van der Waals surface area contributed by atoms with E-state index in [2.05, 4.69) is 12.2 Å². The smallest absolute Gasteiger partial charge is 0.242 e. The minimum Gasteiger partial charge on any atom is -0.393 e. The number of likely N-dealkylation sites (N-methyl/N-ethyl adjacent to an activating group) is 2. The van der Waals surface area contributed by atoms with Crippen LogP contribution in [0, 0.1) is 0 Å². The van der Waals surface area contributed by atoms with Gasteiger partial charge in [0, 0.05) is 20.1 Å². The van der Waals surface area contributed by atoms with Crippen molar-refractivity contribution >= 4 is 29.0 Å². The van der Waals surface area contributed by atoms with Crippen LogP contribution < -0.4 is 5.73 Å². The first-order valence-electron chi connectivity index (χ1n) is 5.22. The quantitative estimate of drug-likeness (QED) is 0.668. The molecule has 0 aromatic heterocycles. The van der Waals surface area contributed by atoms with Crippen LogP contribution in [0.25, 0.3) is 0 Å². The third-order valence-electron chi connectivity index (χ3n) is 2.24. The van der Waals surface area contributed by atoms with Gasteiger partial charge in [0.15, 0.2) is 0 Å². The third kappa shape index (κ3) is 5.06. The van der Waals surface area contributed by atoms with Crippen LogP contribution in [0.4, 0.5) is 0 Å². The molecule has 5 nitrogen and oxygen atoms in total. The predicted octanol–water partition coefficient (Wildman–Crippen LogP) is -0.0106. The largest absolute Gasteiger partial charge is 0.393 e. The van der Waals surface area contributed by atoms with Crippen molar-refractivity contribution in [2.24, 2.45) is 5.73 Å². The lowest BCUT2D eigenvalue weighted by Gasteiger charge is -2.23. The fraction of sp³-hybridized carbons (Fsp3) is 0.700. The Hall–Kier alpha value is -1.17. The maximum Gasteiger partial charge on any atom is 0.242 e. The van der Waals surface area contributed by atoms with Crippen LogP contribution >= 0.6 is 12.2 Å². The first-order chi connectivity index (χ1) is 7.42. The number of rotatable bonds is 6. The molecule has 0 aromatic rings. The summed E-state index contributed by atoms with van der Waals surface area (Å²) in [5.41, 5.74) is 5.26. The summed E-state index contributed by atoms with van der Waals surface area (Å²) < 4.78 is 0. The summed E-state index contributed by atoms with van der Waals surface area (Å²) in [5.74, 6) is -0.295. The van der Waals surface area contributed by atoms with Gasteiger partial charge < -0.3 is 15.5 Å². The molecule has 0 atom stereocenters. The van der Waals surface area contributed by atoms with Crippen molar-refractivity contribution in [3.63, 3.8) is 0 Å². The fourth-order valence-corrected chi connectivity index (χ4v) is 1.37. The monoisotopic (exact) mass is 245 g/mol. The molecule has 0 saturated carbocycles. The molecule has 2 amide bonds. The van der Waals surface area contributed by atoms with Crippen LogP contribution in [0.3, 0.4) is 0 Å². The summed E-state index contributed by atoms with van der Waals surface area (Å²) in [7, 11) is 1.57. The number of carbonyl (C=O) groups is 2. The van der Waals surface area contributed by atoms with Gasteiger partial charge >= 0.3 is 0 Å². The van der Waals surface area contributed by atoms with E-state index in [4.69, 9.17) is 5.73 Å². The average Bonchev–Trinajstić information content (AvgIpc) is 2.18. The van der Waals surface area contributed by atoms with Gasteiger partial charge in [0.2, 0.25) is 11.8 Å². The number of nitrogens with two attached hydrogens (primary N) is 1. The molecule has 16 heavy (non-hydrogen) atoms. The zero-order chi connectivity index (χ0) is 12.7. The minimum absolute atomic E-state index is 0.0113. The topological polar surface area (TPSA) is 66.6 Å². The highest BCUT2D eigenvalue weighted by molar-refractivity contribution is 7.80. The van der Waals surface area contributed by atoms with Gasteiger partial charge in [0.25, 0.3) is 0 Å². The number of thiocarbonyl (C=S) groups is 1. The van der Waals surface area contributed by atoms with Crippen molar-refractivity contribution in [3.8, 4) is 0 Å². The summed E-state index contributed by atoms with van der Waals surface area (Å²) in [6, 6.07) is 0. The van der Waals surface area contributed by atoms with Gasteiger partial charge in [-0.15, -0.1) is 0 Å². The van der Waals surface area contributed by atoms with Crippen LogP contribution in [0.1, 0.15) is 20.3 Å². The van der Waals surface area contributed by atoms with Crippen molar-refractivity contribution in [3.05, 3.63) is 0 Å². The molecule has 6 heteroatoms. The normalized spacial score (nSPS) is 9.69. The van der Waals surface area contributed by atoms with E-state index in [-0.39, 0.29) is 29.8 Å². The molecule has 0 saturated heterocycles. The van der Waals surface area contributed by atoms with Crippen LogP contribution in [0.2, 0.25) is 0 Å². The van der Waals surface area contributed by atoms with E-state index in [9.17, 15) is 9.59 Å². The van der Waals surface area contributed by atoms with E-state index >= 15 is 0 Å². The molecule has 0 aliphatic heterocycles. The number of hydrogen-bond acceptors (Lipinski definition) is 3. The Morgan fingerprint density at radius 1 is 1.19 bits per heavy atom. The molecule has 92 valence electrons. The Morgan fingerprint density at radius 3 is 2.06 bits per heavy atom. The maximum absolute atomic E-state index is 11.7. The second-order valence-electron chi connectivity index (χ2n) is 3.46. The first kappa shape index (κ1) is 14.8. The minimum atomic E-state index is -0.229. The zero-order valence-corrected chi connectivity index (χ0v) is 10.8. The van der Waals surface area contributed by atoms with E-state index in [1.165, 1.54) is 4.90 Å². The van der Waals surface area contributed by atoms with Crippen molar-refractivity contribution in [1.82, 2.24) is 9.80 Å². The Labute approximate surface area is 102 Å². The molecule has 0 bridgehead atoms. The lowest BCUT2D eigenvalue weighted by atomic mass is 10.3. The van der Waals surface area contributed by atoms with Gasteiger partial charge in [-0.25, -0.2) is 0 Å². The molecule has 0 radical (unpaired) electrons. The van der Waals surface area contributed by atoms with Gasteiger partial charge in [0.05, 0.1) is 18.0 Å². The van der Waals surface area contributed by atoms with Gasteiger partial charge in [-0.05, 0) is 13.8 Å². The lowest BCUT2D eigenvalue weighted by Crippen LogP contribution is -2.41. The zero-order valence-electron chi connectivity index (χ0n) is 10.0. The molecule has 0 fully saturated rings. The van der Waals surface area contributed by atoms with E-state index < -0.39 is 0 Å². The molecule has 0 aliphatic rings. The predicted molar refractivity (Wildman–Crippen MR) is 67.0 cm³/mol. The van der Waals surface area contributed by atoms with Crippen LogP contribution in [-0.2, 0) is 9.59 Å².